The molecule has 1 saturated carbocycles. The Morgan fingerprint density at radius 3 is 2.56 bits per heavy atom. The van der Waals surface area contributed by atoms with E-state index in [9.17, 15) is 9.59 Å². The smallest absolute Gasteiger partial charge is 0.267 e. The van der Waals surface area contributed by atoms with Crippen molar-refractivity contribution < 1.29 is 19.1 Å². The summed E-state index contributed by atoms with van der Waals surface area (Å²) in [6.07, 6.45) is 5.75. The number of rotatable bonds is 4. The van der Waals surface area contributed by atoms with Crippen LogP contribution in [0.15, 0.2) is 0 Å². The van der Waals surface area contributed by atoms with Gasteiger partial charge in [0.05, 0.1) is 6.10 Å². The molecule has 102 valence electrons. The summed E-state index contributed by atoms with van der Waals surface area (Å²) in [6.45, 7) is 0.604. The van der Waals surface area contributed by atoms with Crippen LogP contribution in [0.1, 0.15) is 38.5 Å². The first-order chi connectivity index (χ1) is 8.75. The molecule has 2 rings (SSSR count). The van der Waals surface area contributed by atoms with Crippen molar-refractivity contribution in [3.63, 3.8) is 0 Å². The van der Waals surface area contributed by atoms with E-state index in [0.717, 1.165) is 19.3 Å². The van der Waals surface area contributed by atoms with E-state index in [1.165, 1.54) is 12.8 Å². The summed E-state index contributed by atoms with van der Waals surface area (Å²) in [6, 6.07) is 0. The van der Waals surface area contributed by atoms with Gasteiger partial charge >= 0.3 is 0 Å². The summed E-state index contributed by atoms with van der Waals surface area (Å²) in [5, 5.41) is 0. The summed E-state index contributed by atoms with van der Waals surface area (Å²) in [7, 11) is 0. The topological polar surface area (TPSA) is 76.7 Å². The van der Waals surface area contributed by atoms with E-state index in [4.69, 9.17) is 9.47 Å². The molecular weight excluding hydrogens is 236 g/mol. The highest BCUT2D eigenvalue weighted by Gasteiger charge is 2.24. The number of amides is 2. The van der Waals surface area contributed by atoms with Crippen molar-refractivity contribution in [3.05, 3.63) is 0 Å². The molecule has 0 bridgehead atoms. The van der Waals surface area contributed by atoms with E-state index in [2.05, 4.69) is 10.9 Å². The molecule has 1 saturated heterocycles. The lowest BCUT2D eigenvalue weighted by Gasteiger charge is -2.13. The Hall–Kier alpha value is -1.14. The average Bonchev–Trinajstić information content (AvgIpc) is 3.05. The molecule has 6 nitrogen and oxygen atoms in total. The van der Waals surface area contributed by atoms with Gasteiger partial charge in [-0.05, 0) is 25.7 Å². The summed E-state index contributed by atoms with van der Waals surface area (Å²) >= 11 is 0. The van der Waals surface area contributed by atoms with Crippen molar-refractivity contribution in [2.45, 2.75) is 50.7 Å². The van der Waals surface area contributed by atoms with E-state index in [-0.39, 0.29) is 24.5 Å². The summed E-state index contributed by atoms with van der Waals surface area (Å²) in [5.74, 6) is -0.616. The first kappa shape index (κ1) is 13.3. The number of carbonyl (C=O) groups is 2. The second kappa shape index (κ2) is 6.70. The maximum Gasteiger partial charge on any atom is 0.267 e. The number of hydrogen-bond acceptors (Lipinski definition) is 4. The van der Waals surface area contributed by atoms with E-state index < -0.39 is 6.10 Å². The highest BCUT2D eigenvalue weighted by atomic mass is 16.5. The minimum atomic E-state index is -0.430. The molecule has 0 aromatic carbocycles. The van der Waals surface area contributed by atoms with Gasteiger partial charge < -0.3 is 9.47 Å². The SMILES string of the molecule is O=C(COC1CCCC1)NNC(=O)C1CCCO1. The van der Waals surface area contributed by atoms with Gasteiger partial charge in [0, 0.05) is 6.61 Å². The lowest BCUT2D eigenvalue weighted by Crippen LogP contribution is -2.47. The first-order valence-electron chi connectivity index (χ1n) is 6.57. The van der Waals surface area contributed by atoms with Gasteiger partial charge in [0.15, 0.2) is 0 Å². The Bertz CT molecular complexity index is 296. The largest absolute Gasteiger partial charge is 0.368 e. The molecule has 18 heavy (non-hydrogen) atoms. The molecule has 1 aliphatic heterocycles. The highest BCUT2D eigenvalue weighted by Crippen LogP contribution is 2.20. The van der Waals surface area contributed by atoms with Gasteiger partial charge in [0.2, 0.25) is 0 Å². The molecule has 6 heteroatoms. The molecule has 1 atom stereocenters. The molecule has 0 aromatic heterocycles. The Balaban J connectivity index is 1.57. The van der Waals surface area contributed by atoms with Gasteiger partial charge in [-0.15, -0.1) is 0 Å². The van der Waals surface area contributed by atoms with Gasteiger partial charge in [0.1, 0.15) is 12.7 Å². The maximum atomic E-state index is 11.5. The third kappa shape index (κ3) is 3.96. The van der Waals surface area contributed by atoms with Crippen LogP contribution in [0, 0.1) is 0 Å². The van der Waals surface area contributed by atoms with E-state index in [0.29, 0.717) is 13.0 Å². The Kier molecular flexibility index (Phi) is 4.95. The predicted molar refractivity (Wildman–Crippen MR) is 63.5 cm³/mol. The molecular formula is C12H20N2O4. The van der Waals surface area contributed by atoms with Crippen LogP contribution in [0.3, 0.4) is 0 Å². The predicted octanol–water partition coefficient (Wildman–Crippen LogP) is 0.272. The van der Waals surface area contributed by atoms with Crippen LogP contribution in [-0.2, 0) is 19.1 Å². The lowest BCUT2D eigenvalue weighted by molar-refractivity contribution is -0.137. The zero-order valence-corrected chi connectivity index (χ0v) is 10.4. The molecule has 1 unspecified atom stereocenters. The van der Waals surface area contributed by atoms with Gasteiger partial charge in [-0.1, -0.05) is 12.8 Å². The normalized spacial score (nSPS) is 24.1. The fraction of sp³-hybridized carbons (Fsp3) is 0.833. The Labute approximate surface area is 106 Å². The van der Waals surface area contributed by atoms with Gasteiger partial charge in [-0.25, -0.2) is 0 Å². The molecule has 1 heterocycles. The Morgan fingerprint density at radius 2 is 1.89 bits per heavy atom. The number of nitrogens with one attached hydrogen (secondary N) is 2. The Morgan fingerprint density at radius 1 is 1.11 bits per heavy atom. The summed E-state index contributed by atoms with van der Waals surface area (Å²) in [5.41, 5.74) is 4.70. The van der Waals surface area contributed by atoms with Crippen LogP contribution in [0.25, 0.3) is 0 Å². The second-order valence-corrected chi connectivity index (χ2v) is 4.76. The summed E-state index contributed by atoms with van der Waals surface area (Å²) in [4.78, 5) is 22.9. The van der Waals surface area contributed by atoms with Gasteiger partial charge in [0.25, 0.3) is 11.8 Å². The van der Waals surface area contributed by atoms with Crippen LogP contribution in [0.4, 0.5) is 0 Å². The number of ether oxygens (including phenoxy) is 2. The third-order valence-corrected chi connectivity index (χ3v) is 3.30. The minimum Gasteiger partial charge on any atom is -0.368 e. The van der Waals surface area contributed by atoms with E-state index in [1.54, 1.807) is 0 Å². The average molecular weight is 256 g/mol. The molecule has 2 aliphatic rings. The van der Waals surface area contributed by atoms with Crippen molar-refractivity contribution in [3.8, 4) is 0 Å². The molecule has 1 aliphatic carbocycles. The van der Waals surface area contributed by atoms with Crippen molar-refractivity contribution in [2.24, 2.45) is 0 Å². The first-order valence-corrected chi connectivity index (χ1v) is 6.57. The quantitative estimate of drug-likeness (QED) is 0.708. The molecule has 0 radical (unpaired) electrons. The standard InChI is InChI=1S/C12H20N2O4/c15-11(8-18-9-4-1-2-5-9)13-14-12(16)10-6-3-7-17-10/h9-10H,1-8H2,(H,13,15)(H,14,16). The fourth-order valence-electron chi connectivity index (χ4n) is 2.28. The van der Waals surface area contributed by atoms with Crippen molar-refractivity contribution in [2.75, 3.05) is 13.2 Å². The molecule has 0 aromatic rings. The molecule has 0 spiro atoms. The molecule has 2 amide bonds. The van der Waals surface area contributed by atoms with E-state index in [1.807, 2.05) is 0 Å². The second-order valence-electron chi connectivity index (χ2n) is 4.76. The van der Waals surface area contributed by atoms with E-state index >= 15 is 0 Å². The van der Waals surface area contributed by atoms with Gasteiger partial charge in [-0.2, -0.15) is 0 Å². The zero-order chi connectivity index (χ0) is 12.8. The lowest BCUT2D eigenvalue weighted by atomic mass is 10.2. The van der Waals surface area contributed by atoms with Crippen LogP contribution >= 0.6 is 0 Å². The van der Waals surface area contributed by atoms with Crippen LogP contribution in [-0.4, -0.2) is 37.2 Å². The number of hydrogen-bond donors (Lipinski definition) is 2. The maximum absolute atomic E-state index is 11.5. The number of hydrazine groups is 1. The number of carbonyl (C=O) groups excluding carboxylic acids is 2. The van der Waals surface area contributed by atoms with Crippen LogP contribution < -0.4 is 10.9 Å². The van der Waals surface area contributed by atoms with Crippen LogP contribution in [0.2, 0.25) is 0 Å². The van der Waals surface area contributed by atoms with Crippen molar-refractivity contribution in [1.82, 2.24) is 10.9 Å². The highest BCUT2D eigenvalue weighted by molar-refractivity contribution is 5.85. The zero-order valence-electron chi connectivity index (χ0n) is 10.4. The van der Waals surface area contributed by atoms with Crippen molar-refractivity contribution >= 4 is 11.8 Å². The van der Waals surface area contributed by atoms with Gasteiger partial charge in [-0.3, -0.25) is 20.4 Å². The fourth-order valence-corrected chi connectivity index (χ4v) is 2.28. The summed E-state index contributed by atoms with van der Waals surface area (Å²) < 4.78 is 10.6. The minimum absolute atomic E-state index is 0.00350. The molecule has 2 N–H and O–H groups in total. The monoisotopic (exact) mass is 256 g/mol. The third-order valence-electron chi connectivity index (χ3n) is 3.30. The van der Waals surface area contributed by atoms with Crippen molar-refractivity contribution in [1.29, 1.82) is 0 Å². The molecule has 2 fully saturated rings. The van der Waals surface area contributed by atoms with Crippen LogP contribution in [0.5, 0.6) is 0 Å².